The van der Waals surface area contributed by atoms with E-state index in [4.69, 9.17) is 28.3 Å². The van der Waals surface area contributed by atoms with E-state index in [1.54, 1.807) is 39.7 Å². The average molecular weight is 1000 g/mol. The fraction of sp³-hybridized carbons (Fsp3) is 0.500. The molecule has 14 nitrogen and oxygen atoms in total. The van der Waals surface area contributed by atoms with E-state index in [9.17, 15) is 19.2 Å². The van der Waals surface area contributed by atoms with Crippen LogP contribution in [0.15, 0.2) is 83.3 Å². The quantitative estimate of drug-likeness (QED) is 0.0876. The zero-order valence-electron chi connectivity index (χ0n) is 43.2. The number of amides is 2. The van der Waals surface area contributed by atoms with Crippen LogP contribution in [0.2, 0.25) is 0 Å². The molecule has 0 bridgehead atoms. The lowest BCUT2D eigenvalue weighted by Gasteiger charge is -2.32. The Bertz CT molecular complexity index is 2460. The van der Waals surface area contributed by atoms with Crippen LogP contribution in [0.5, 0.6) is 0 Å². The number of ether oxygens (including phenoxy) is 4. The van der Waals surface area contributed by atoms with Gasteiger partial charge in [-0.1, -0.05) is 70.5 Å². The van der Waals surface area contributed by atoms with Gasteiger partial charge in [-0.3, -0.25) is 19.6 Å². The second-order valence-electron chi connectivity index (χ2n) is 20.7. The van der Waals surface area contributed by atoms with Crippen LogP contribution in [-0.4, -0.2) is 77.8 Å². The standard InChI is InChI=1S/C23H30N2O4.C16H19BrN2O2.C13H23BO4/c1-15(24-21(27)29-22(2,3)4)18-11-10-17-9-8-16(14-19(17)25-18)12-13-23(5,6)20(26)28-7;1-10(18-15(20)21-16(2,3)4)13-8-6-11-5-7-12(17)9-14(11)19-13;1-11(2,10(15)16-7)8-9-14-17-12(3,4)13(5,6)18-14/h8-15H,1-7H3,(H,24,27);5-10H,1-4H3,(H,18,20);8-9H,1-7H3/b13-12+;;9-8+/t15-;10-;/m11./s1. The molecule has 0 aliphatic carbocycles. The number of aromatic nitrogens is 2. The van der Waals surface area contributed by atoms with E-state index in [-0.39, 0.29) is 35.2 Å². The molecule has 0 saturated carbocycles. The van der Waals surface area contributed by atoms with E-state index in [0.29, 0.717) is 0 Å². The van der Waals surface area contributed by atoms with E-state index >= 15 is 0 Å². The van der Waals surface area contributed by atoms with Gasteiger partial charge in [0.1, 0.15) is 11.2 Å². The van der Waals surface area contributed by atoms with Gasteiger partial charge in [-0.2, -0.15) is 0 Å². The van der Waals surface area contributed by atoms with Crippen molar-refractivity contribution in [1.29, 1.82) is 0 Å². The third-order valence-electron chi connectivity index (χ3n) is 10.8. The highest BCUT2D eigenvalue weighted by Crippen LogP contribution is 2.37. The molecule has 0 spiro atoms. The molecule has 16 heteroatoms. The van der Waals surface area contributed by atoms with Gasteiger partial charge < -0.3 is 38.9 Å². The number of halogens is 1. The normalized spacial score (nSPS) is 15.7. The van der Waals surface area contributed by atoms with Crippen LogP contribution in [0.3, 0.4) is 0 Å². The molecule has 0 radical (unpaired) electrons. The van der Waals surface area contributed by atoms with E-state index in [2.05, 4.69) is 36.5 Å². The second kappa shape index (κ2) is 22.9. The summed E-state index contributed by atoms with van der Waals surface area (Å²) in [6, 6.07) is 19.1. The summed E-state index contributed by atoms with van der Waals surface area (Å²) >= 11 is 3.44. The van der Waals surface area contributed by atoms with Gasteiger partial charge >= 0.3 is 31.2 Å². The first-order valence-corrected chi connectivity index (χ1v) is 23.3. The summed E-state index contributed by atoms with van der Waals surface area (Å²) in [4.78, 5) is 56.4. The summed E-state index contributed by atoms with van der Waals surface area (Å²) in [5.74, 6) is 1.19. The Kier molecular flexibility index (Phi) is 19.2. The number of carbonyl (C=O) groups is 4. The Morgan fingerprint density at radius 3 is 1.46 bits per heavy atom. The van der Waals surface area contributed by atoms with Gasteiger partial charge in [-0.05, 0) is 147 Å². The fourth-order valence-electron chi connectivity index (χ4n) is 6.21. The molecule has 4 aromatic rings. The molecular weight excluding hydrogens is 931 g/mol. The van der Waals surface area contributed by atoms with Crippen molar-refractivity contribution in [2.24, 2.45) is 10.8 Å². The molecule has 2 aromatic carbocycles. The van der Waals surface area contributed by atoms with Crippen LogP contribution in [0.25, 0.3) is 27.9 Å². The number of rotatable bonds is 10. The maximum Gasteiger partial charge on any atom is 0.486 e. The molecule has 5 rings (SSSR count). The zero-order chi connectivity index (χ0) is 51.6. The number of nitrogens with one attached hydrogen (secondary N) is 2. The Morgan fingerprint density at radius 2 is 1.03 bits per heavy atom. The smallest absolute Gasteiger partial charge is 0.468 e. The molecule has 370 valence electrons. The molecule has 1 aliphatic heterocycles. The molecule has 3 heterocycles. The molecule has 2 amide bonds. The summed E-state index contributed by atoms with van der Waals surface area (Å²) in [7, 11) is 2.33. The van der Waals surface area contributed by atoms with E-state index in [0.717, 1.165) is 43.2 Å². The van der Waals surface area contributed by atoms with Crippen molar-refractivity contribution >= 4 is 75.1 Å². The number of benzene rings is 2. The van der Waals surface area contributed by atoms with Crippen molar-refractivity contribution in [3.8, 4) is 0 Å². The molecule has 2 atom stereocenters. The van der Waals surface area contributed by atoms with E-state index in [1.165, 1.54) is 14.2 Å². The number of nitrogens with zero attached hydrogens (tertiary/aromatic N) is 2. The predicted molar refractivity (Wildman–Crippen MR) is 273 cm³/mol. The first-order chi connectivity index (χ1) is 31.2. The van der Waals surface area contributed by atoms with Gasteiger partial charge in [0, 0.05) is 15.2 Å². The van der Waals surface area contributed by atoms with E-state index < -0.39 is 41.3 Å². The molecule has 2 N–H and O–H groups in total. The molecule has 0 unspecified atom stereocenters. The third-order valence-corrected chi connectivity index (χ3v) is 11.3. The van der Waals surface area contributed by atoms with Gasteiger partial charge in [0.25, 0.3) is 0 Å². The van der Waals surface area contributed by atoms with Crippen molar-refractivity contribution in [1.82, 2.24) is 20.6 Å². The summed E-state index contributed by atoms with van der Waals surface area (Å²) in [6.07, 6.45) is 4.55. The van der Waals surface area contributed by atoms with Crippen molar-refractivity contribution in [2.75, 3.05) is 14.2 Å². The van der Waals surface area contributed by atoms with E-state index in [1.807, 2.05) is 156 Å². The van der Waals surface area contributed by atoms with Crippen molar-refractivity contribution < 1.29 is 47.4 Å². The fourth-order valence-corrected chi connectivity index (χ4v) is 6.56. The minimum absolute atomic E-state index is 0.219. The zero-order valence-corrected chi connectivity index (χ0v) is 44.8. The highest BCUT2D eigenvalue weighted by atomic mass is 79.9. The van der Waals surface area contributed by atoms with Crippen LogP contribution in [0, 0.1) is 10.8 Å². The molecular formula is C52H72BBrN4O10. The molecule has 2 aromatic heterocycles. The van der Waals surface area contributed by atoms with Crippen LogP contribution in [0.4, 0.5) is 9.59 Å². The summed E-state index contributed by atoms with van der Waals surface area (Å²) in [5.41, 5.74) is 0.958. The van der Waals surface area contributed by atoms with Crippen molar-refractivity contribution in [2.45, 2.75) is 145 Å². The SMILES string of the molecule is COC(=O)C(C)(C)/C=C/B1OC(C)(C)C(C)(C)O1.COC(=O)C(C)(C)/C=C/c1ccc2ccc([C@@H](C)NC(=O)OC(C)(C)C)nc2c1.C[C@@H](NC(=O)OC(C)(C)C)c1ccc2ccc(Br)cc2n1. The van der Waals surface area contributed by atoms with Gasteiger partial charge in [0.05, 0.1) is 70.8 Å². The Hall–Kier alpha value is -5.32. The number of pyridine rings is 2. The lowest BCUT2D eigenvalue weighted by atomic mass is 9.83. The summed E-state index contributed by atoms with van der Waals surface area (Å²) in [6.45, 7) is 29.9. The lowest BCUT2D eigenvalue weighted by Crippen LogP contribution is -2.41. The maximum atomic E-state index is 12.0. The number of alkyl carbamates (subject to hydrolysis) is 2. The minimum Gasteiger partial charge on any atom is -0.468 e. The van der Waals surface area contributed by atoms with Crippen molar-refractivity contribution in [3.63, 3.8) is 0 Å². The molecule has 1 fully saturated rings. The largest absolute Gasteiger partial charge is 0.486 e. The van der Waals surface area contributed by atoms with Gasteiger partial charge in [-0.25, -0.2) is 9.59 Å². The Morgan fingerprint density at radius 1 is 0.632 bits per heavy atom. The summed E-state index contributed by atoms with van der Waals surface area (Å²) in [5, 5.41) is 7.65. The number of esters is 2. The number of carbonyl (C=O) groups excluding carboxylic acids is 4. The first-order valence-electron chi connectivity index (χ1n) is 22.5. The van der Waals surface area contributed by atoms with Gasteiger partial charge in [0.2, 0.25) is 0 Å². The second-order valence-corrected chi connectivity index (χ2v) is 21.7. The lowest BCUT2D eigenvalue weighted by molar-refractivity contribution is -0.148. The van der Waals surface area contributed by atoms with Crippen LogP contribution in [0.1, 0.15) is 140 Å². The number of hydrogen-bond acceptors (Lipinski definition) is 12. The minimum atomic E-state index is -0.717. The van der Waals surface area contributed by atoms with Crippen LogP contribution >= 0.6 is 15.9 Å². The molecule has 1 aliphatic rings. The average Bonchev–Trinajstić information content (AvgIpc) is 3.44. The Labute approximate surface area is 412 Å². The molecule has 68 heavy (non-hydrogen) atoms. The van der Waals surface area contributed by atoms with Crippen molar-refractivity contribution in [3.05, 3.63) is 100 Å². The van der Waals surface area contributed by atoms with Crippen LogP contribution < -0.4 is 10.6 Å². The summed E-state index contributed by atoms with van der Waals surface area (Å²) < 4.78 is 32.7. The predicted octanol–water partition coefficient (Wildman–Crippen LogP) is 12.0. The highest BCUT2D eigenvalue weighted by Gasteiger charge is 2.50. The first kappa shape index (κ1) is 57.0. The molecule has 1 saturated heterocycles. The van der Waals surface area contributed by atoms with Gasteiger partial charge in [-0.15, -0.1) is 0 Å². The highest BCUT2D eigenvalue weighted by molar-refractivity contribution is 9.10. The number of fused-ring (bicyclic) bond motifs is 2. The Balaban J connectivity index is 0.000000280. The van der Waals surface area contributed by atoms with Gasteiger partial charge in [0.15, 0.2) is 0 Å². The van der Waals surface area contributed by atoms with Crippen LogP contribution in [-0.2, 0) is 37.8 Å². The topological polar surface area (TPSA) is 174 Å². The monoisotopic (exact) mass is 1000 g/mol. The number of methoxy groups -OCH3 is 2. The number of hydrogen-bond donors (Lipinski definition) is 2. The maximum absolute atomic E-state index is 12.0. The third kappa shape index (κ3) is 17.3.